The van der Waals surface area contributed by atoms with Crippen molar-refractivity contribution < 1.29 is 27.5 Å². The second-order valence-corrected chi connectivity index (χ2v) is 7.19. The number of methoxy groups -OCH3 is 1. The Labute approximate surface area is 173 Å². The fraction of sp³-hybridized carbons (Fsp3) is 0.364. The molecule has 0 radical (unpaired) electrons. The molecule has 0 aliphatic carbocycles. The minimum atomic E-state index is -4.40. The van der Waals surface area contributed by atoms with Crippen LogP contribution in [0.5, 0.6) is 0 Å². The van der Waals surface area contributed by atoms with Crippen LogP contribution in [0.25, 0.3) is 0 Å². The van der Waals surface area contributed by atoms with E-state index in [0.29, 0.717) is 12.0 Å². The van der Waals surface area contributed by atoms with Crippen LogP contribution in [-0.4, -0.2) is 42.9 Å². The average molecular weight is 420 g/mol. The largest absolute Gasteiger partial charge is 0.416 e. The molecule has 0 aromatic heterocycles. The van der Waals surface area contributed by atoms with Crippen molar-refractivity contribution in [2.45, 2.75) is 32.2 Å². The quantitative estimate of drug-likeness (QED) is 0.675. The Morgan fingerprint density at radius 2 is 1.90 bits per heavy atom. The molecular formula is C22H23F3N2O3. The first-order chi connectivity index (χ1) is 14.3. The van der Waals surface area contributed by atoms with E-state index in [1.165, 1.54) is 24.1 Å². The predicted octanol–water partition coefficient (Wildman–Crippen LogP) is 4.18. The van der Waals surface area contributed by atoms with Crippen molar-refractivity contribution in [1.82, 2.24) is 4.90 Å². The van der Waals surface area contributed by atoms with Crippen molar-refractivity contribution in [2.24, 2.45) is 5.16 Å². The zero-order valence-electron chi connectivity index (χ0n) is 16.8. The standard InChI is InChI=1S/C22H23F3N2O3/c1-15-5-3-4-6-19(15)20-11-18(30-26-20)13-27(21(28)14-29-2)12-16-7-9-17(10-8-16)22(23,24)25/h3-10,18H,11-14H2,1-2H3/t18-/m1/s1. The van der Waals surface area contributed by atoms with Gasteiger partial charge in [0.1, 0.15) is 6.61 Å². The summed E-state index contributed by atoms with van der Waals surface area (Å²) in [5.74, 6) is -0.273. The first-order valence-electron chi connectivity index (χ1n) is 9.49. The van der Waals surface area contributed by atoms with Gasteiger partial charge < -0.3 is 14.5 Å². The van der Waals surface area contributed by atoms with Gasteiger partial charge in [0.2, 0.25) is 5.91 Å². The zero-order valence-corrected chi connectivity index (χ0v) is 16.8. The van der Waals surface area contributed by atoms with Gasteiger partial charge in [0, 0.05) is 25.6 Å². The molecule has 3 rings (SSSR count). The van der Waals surface area contributed by atoms with Crippen molar-refractivity contribution >= 4 is 11.6 Å². The third kappa shape index (κ3) is 5.38. The number of halogens is 3. The normalized spacial score (nSPS) is 16.2. The number of carbonyl (C=O) groups excluding carboxylic acids is 1. The van der Waals surface area contributed by atoms with E-state index < -0.39 is 11.7 Å². The molecule has 0 bridgehead atoms. The molecule has 30 heavy (non-hydrogen) atoms. The Kier molecular flexibility index (Phi) is 6.77. The summed E-state index contributed by atoms with van der Waals surface area (Å²) in [6.07, 6.45) is -4.20. The van der Waals surface area contributed by atoms with Crippen LogP contribution in [0.15, 0.2) is 53.7 Å². The van der Waals surface area contributed by atoms with E-state index in [4.69, 9.17) is 9.57 Å². The molecule has 0 N–H and O–H groups in total. The van der Waals surface area contributed by atoms with Crippen LogP contribution in [0.3, 0.4) is 0 Å². The average Bonchev–Trinajstić information content (AvgIpc) is 3.16. The molecule has 0 saturated carbocycles. The minimum absolute atomic E-state index is 0.126. The van der Waals surface area contributed by atoms with Crippen molar-refractivity contribution in [3.8, 4) is 0 Å². The van der Waals surface area contributed by atoms with Crippen LogP contribution < -0.4 is 0 Å². The van der Waals surface area contributed by atoms with Crippen molar-refractivity contribution in [2.75, 3.05) is 20.3 Å². The van der Waals surface area contributed by atoms with Gasteiger partial charge in [0.05, 0.1) is 17.8 Å². The molecule has 2 aromatic carbocycles. The highest BCUT2D eigenvalue weighted by Gasteiger charge is 2.30. The predicted molar refractivity (Wildman–Crippen MR) is 106 cm³/mol. The van der Waals surface area contributed by atoms with E-state index in [1.54, 1.807) is 0 Å². The Morgan fingerprint density at radius 1 is 1.20 bits per heavy atom. The molecule has 1 aliphatic rings. The second-order valence-electron chi connectivity index (χ2n) is 7.19. The molecule has 0 unspecified atom stereocenters. The van der Waals surface area contributed by atoms with E-state index in [1.807, 2.05) is 31.2 Å². The van der Waals surface area contributed by atoms with Gasteiger partial charge in [-0.05, 0) is 30.2 Å². The van der Waals surface area contributed by atoms with Crippen molar-refractivity contribution in [3.05, 3.63) is 70.8 Å². The molecule has 2 aromatic rings. The summed E-state index contributed by atoms with van der Waals surface area (Å²) in [5.41, 5.74) is 2.75. The Morgan fingerprint density at radius 3 is 2.53 bits per heavy atom. The van der Waals surface area contributed by atoms with Crippen LogP contribution in [0.4, 0.5) is 13.2 Å². The maximum atomic E-state index is 12.8. The van der Waals surface area contributed by atoms with Gasteiger partial charge in [-0.25, -0.2) is 0 Å². The molecule has 1 amide bonds. The van der Waals surface area contributed by atoms with Gasteiger partial charge >= 0.3 is 6.18 Å². The van der Waals surface area contributed by atoms with Crippen LogP contribution in [0, 0.1) is 6.92 Å². The molecule has 5 nitrogen and oxygen atoms in total. The van der Waals surface area contributed by atoms with Crippen molar-refractivity contribution in [3.63, 3.8) is 0 Å². The zero-order chi connectivity index (χ0) is 21.7. The van der Waals surface area contributed by atoms with E-state index >= 15 is 0 Å². The Bertz CT molecular complexity index is 911. The lowest BCUT2D eigenvalue weighted by molar-refractivity contribution is -0.138. The summed E-state index contributed by atoms with van der Waals surface area (Å²) in [7, 11) is 1.42. The van der Waals surface area contributed by atoms with Gasteiger partial charge in [-0.1, -0.05) is 41.6 Å². The number of rotatable bonds is 7. The highest BCUT2D eigenvalue weighted by Crippen LogP contribution is 2.29. The molecule has 1 heterocycles. The minimum Gasteiger partial charge on any atom is -0.390 e. The fourth-order valence-electron chi connectivity index (χ4n) is 3.32. The number of hydrogen-bond acceptors (Lipinski definition) is 4. The fourth-order valence-corrected chi connectivity index (χ4v) is 3.32. The number of carbonyl (C=O) groups is 1. The lowest BCUT2D eigenvalue weighted by Gasteiger charge is -2.25. The van der Waals surface area contributed by atoms with Gasteiger partial charge in [0.25, 0.3) is 0 Å². The molecule has 160 valence electrons. The summed E-state index contributed by atoms with van der Waals surface area (Å²) in [6, 6.07) is 12.6. The summed E-state index contributed by atoms with van der Waals surface area (Å²) in [4.78, 5) is 19.6. The molecule has 1 atom stereocenters. The molecular weight excluding hydrogens is 397 g/mol. The summed E-state index contributed by atoms with van der Waals surface area (Å²) in [5, 5.41) is 4.17. The number of nitrogens with zero attached hydrogens (tertiary/aromatic N) is 2. The number of alkyl halides is 3. The maximum absolute atomic E-state index is 12.8. The second kappa shape index (κ2) is 9.30. The first kappa shape index (κ1) is 21.8. The number of hydrogen-bond donors (Lipinski definition) is 0. The Balaban J connectivity index is 1.68. The van der Waals surface area contributed by atoms with Gasteiger partial charge in [-0.2, -0.15) is 13.2 Å². The molecule has 1 aliphatic heterocycles. The third-order valence-corrected chi connectivity index (χ3v) is 4.89. The van der Waals surface area contributed by atoms with E-state index in [2.05, 4.69) is 5.16 Å². The Hall–Kier alpha value is -2.87. The number of benzene rings is 2. The summed E-state index contributed by atoms with van der Waals surface area (Å²) >= 11 is 0. The van der Waals surface area contributed by atoms with Crippen molar-refractivity contribution in [1.29, 1.82) is 0 Å². The van der Waals surface area contributed by atoms with E-state index in [-0.39, 0.29) is 31.7 Å². The third-order valence-electron chi connectivity index (χ3n) is 4.89. The van der Waals surface area contributed by atoms with Gasteiger partial charge in [0.15, 0.2) is 6.10 Å². The molecule has 0 fully saturated rings. The molecule has 0 spiro atoms. The van der Waals surface area contributed by atoms with Crippen LogP contribution in [0.2, 0.25) is 0 Å². The monoisotopic (exact) mass is 420 g/mol. The van der Waals surface area contributed by atoms with E-state index in [0.717, 1.165) is 29.0 Å². The smallest absolute Gasteiger partial charge is 0.390 e. The number of amides is 1. The van der Waals surface area contributed by atoms with E-state index in [9.17, 15) is 18.0 Å². The SMILES string of the molecule is COCC(=O)N(Cc1ccc(C(F)(F)F)cc1)C[C@H]1CC(c2ccccc2C)=NO1. The first-order valence-corrected chi connectivity index (χ1v) is 9.49. The van der Waals surface area contributed by atoms with Crippen LogP contribution in [-0.2, 0) is 27.1 Å². The topological polar surface area (TPSA) is 51.1 Å². The van der Waals surface area contributed by atoms with Crippen LogP contribution >= 0.6 is 0 Å². The maximum Gasteiger partial charge on any atom is 0.416 e. The summed E-state index contributed by atoms with van der Waals surface area (Å²) < 4.78 is 43.3. The lowest BCUT2D eigenvalue weighted by Crippen LogP contribution is -2.39. The lowest BCUT2D eigenvalue weighted by atomic mass is 10.00. The summed E-state index contributed by atoms with van der Waals surface area (Å²) in [6.45, 7) is 2.27. The molecule has 8 heteroatoms. The molecule has 0 saturated heterocycles. The van der Waals surface area contributed by atoms with Gasteiger partial charge in [-0.3, -0.25) is 4.79 Å². The number of aryl methyl sites for hydroxylation is 1. The highest BCUT2D eigenvalue weighted by atomic mass is 19.4. The van der Waals surface area contributed by atoms with Crippen LogP contribution in [0.1, 0.15) is 28.7 Å². The highest BCUT2D eigenvalue weighted by molar-refractivity contribution is 6.02. The van der Waals surface area contributed by atoms with Gasteiger partial charge in [-0.15, -0.1) is 0 Å². The number of ether oxygens (including phenoxy) is 1. The number of oxime groups is 1.